The Morgan fingerprint density at radius 2 is 1.89 bits per heavy atom. The summed E-state index contributed by atoms with van der Waals surface area (Å²) >= 11 is 0. The van der Waals surface area contributed by atoms with Gasteiger partial charge < -0.3 is 19.7 Å². The van der Waals surface area contributed by atoms with Crippen LogP contribution in [-0.2, 0) is 4.74 Å². The zero-order chi connectivity index (χ0) is 13.2. The Labute approximate surface area is 110 Å². The monoisotopic (exact) mass is 252 g/mol. The third-order valence-electron chi connectivity index (χ3n) is 2.76. The Bertz CT molecular complexity index is 314. The van der Waals surface area contributed by atoms with Gasteiger partial charge in [-0.25, -0.2) is 0 Å². The summed E-state index contributed by atoms with van der Waals surface area (Å²) in [4.78, 5) is 2.22. The average molecular weight is 252 g/mol. The summed E-state index contributed by atoms with van der Waals surface area (Å²) in [5.74, 6) is 0.891. The minimum atomic E-state index is 0.781. The van der Waals surface area contributed by atoms with E-state index in [2.05, 4.69) is 29.4 Å². The second-order valence-electron chi connectivity index (χ2n) is 4.07. The second-order valence-corrected chi connectivity index (χ2v) is 4.07. The number of anilines is 1. The van der Waals surface area contributed by atoms with E-state index in [9.17, 15) is 0 Å². The molecule has 0 bridgehead atoms. The summed E-state index contributed by atoms with van der Waals surface area (Å²) in [5.41, 5.74) is 1.20. The van der Waals surface area contributed by atoms with Gasteiger partial charge in [0, 0.05) is 39.0 Å². The van der Waals surface area contributed by atoms with Crippen LogP contribution in [0.3, 0.4) is 0 Å². The Morgan fingerprint density at radius 1 is 1.17 bits per heavy atom. The Balaban J connectivity index is 2.21. The van der Waals surface area contributed by atoms with Crippen molar-refractivity contribution in [3.8, 4) is 5.75 Å². The van der Waals surface area contributed by atoms with Crippen molar-refractivity contribution in [2.24, 2.45) is 0 Å². The van der Waals surface area contributed by atoms with Gasteiger partial charge in [-0.15, -0.1) is 0 Å². The van der Waals surface area contributed by atoms with Crippen LogP contribution in [0.5, 0.6) is 5.75 Å². The number of likely N-dealkylation sites (N-methyl/N-ethyl adjacent to an activating group) is 1. The lowest BCUT2D eigenvalue weighted by Crippen LogP contribution is -2.30. The van der Waals surface area contributed by atoms with Gasteiger partial charge >= 0.3 is 0 Å². The molecule has 0 aliphatic rings. The molecule has 0 radical (unpaired) electrons. The predicted octanol–water partition coefficient (Wildman–Crippen LogP) is 1.76. The number of rotatable bonds is 9. The third-order valence-corrected chi connectivity index (χ3v) is 2.76. The van der Waals surface area contributed by atoms with Crippen LogP contribution in [0.4, 0.5) is 5.69 Å². The summed E-state index contributed by atoms with van der Waals surface area (Å²) < 4.78 is 10.4. The first-order chi connectivity index (χ1) is 8.77. The van der Waals surface area contributed by atoms with E-state index in [1.54, 1.807) is 7.11 Å². The third kappa shape index (κ3) is 5.38. The van der Waals surface area contributed by atoms with Gasteiger partial charge in [-0.3, -0.25) is 0 Å². The van der Waals surface area contributed by atoms with Crippen molar-refractivity contribution in [1.29, 1.82) is 0 Å². The minimum absolute atomic E-state index is 0.781. The molecule has 0 unspecified atom stereocenters. The van der Waals surface area contributed by atoms with E-state index in [0.29, 0.717) is 0 Å². The van der Waals surface area contributed by atoms with Crippen molar-refractivity contribution in [2.45, 2.75) is 6.92 Å². The molecule has 1 aromatic carbocycles. The molecule has 102 valence electrons. The number of methoxy groups -OCH3 is 1. The van der Waals surface area contributed by atoms with Crippen molar-refractivity contribution < 1.29 is 9.47 Å². The number of hydrogen-bond acceptors (Lipinski definition) is 4. The first-order valence-corrected chi connectivity index (χ1v) is 6.41. The molecule has 0 aliphatic heterocycles. The lowest BCUT2D eigenvalue weighted by molar-refractivity contribution is 0.149. The fourth-order valence-electron chi connectivity index (χ4n) is 1.63. The highest BCUT2D eigenvalue weighted by Crippen LogP contribution is 2.17. The maximum Gasteiger partial charge on any atom is 0.119 e. The van der Waals surface area contributed by atoms with Gasteiger partial charge in [0.1, 0.15) is 5.75 Å². The highest BCUT2D eigenvalue weighted by atomic mass is 16.5. The van der Waals surface area contributed by atoms with Crippen LogP contribution < -0.4 is 15.0 Å². The van der Waals surface area contributed by atoms with E-state index in [-0.39, 0.29) is 0 Å². The second kappa shape index (κ2) is 8.78. The SMILES string of the molecule is CCOCCNCCN(C)c1ccc(OC)cc1. The van der Waals surface area contributed by atoms with Gasteiger partial charge in [0.15, 0.2) is 0 Å². The molecule has 0 atom stereocenters. The van der Waals surface area contributed by atoms with E-state index >= 15 is 0 Å². The molecular weight excluding hydrogens is 228 g/mol. The van der Waals surface area contributed by atoms with Gasteiger partial charge in [0.05, 0.1) is 13.7 Å². The van der Waals surface area contributed by atoms with Crippen LogP contribution >= 0.6 is 0 Å². The number of benzene rings is 1. The highest BCUT2D eigenvalue weighted by molar-refractivity contribution is 5.48. The first-order valence-electron chi connectivity index (χ1n) is 6.41. The average Bonchev–Trinajstić information content (AvgIpc) is 2.42. The molecule has 0 amide bonds. The normalized spacial score (nSPS) is 10.4. The summed E-state index contributed by atoms with van der Waals surface area (Å²) in [7, 11) is 3.77. The molecule has 1 aromatic rings. The largest absolute Gasteiger partial charge is 0.497 e. The molecule has 0 aromatic heterocycles. The molecule has 4 nitrogen and oxygen atoms in total. The zero-order valence-corrected chi connectivity index (χ0v) is 11.6. The van der Waals surface area contributed by atoms with Gasteiger partial charge in [0.2, 0.25) is 0 Å². The molecule has 0 saturated heterocycles. The van der Waals surface area contributed by atoms with Gasteiger partial charge in [-0.1, -0.05) is 0 Å². The van der Waals surface area contributed by atoms with Crippen molar-refractivity contribution in [1.82, 2.24) is 5.32 Å². The van der Waals surface area contributed by atoms with Crippen LogP contribution in [0.15, 0.2) is 24.3 Å². The topological polar surface area (TPSA) is 33.7 Å². The lowest BCUT2D eigenvalue weighted by Gasteiger charge is -2.19. The summed E-state index contributed by atoms with van der Waals surface area (Å²) in [6.45, 7) is 6.41. The minimum Gasteiger partial charge on any atom is -0.497 e. The Morgan fingerprint density at radius 3 is 2.50 bits per heavy atom. The lowest BCUT2D eigenvalue weighted by atomic mass is 10.3. The molecule has 0 spiro atoms. The van der Waals surface area contributed by atoms with E-state index in [4.69, 9.17) is 9.47 Å². The Kier molecular flexibility index (Phi) is 7.22. The van der Waals surface area contributed by atoms with E-state index in [0.717, 1.165) is 38.6 Å². The van der Waals surface area contributed by atoms with Crippen molar-refractivity contribution in [3.63, 3.8) is 0 Å². The van der Waals surface area contributed by atoms with Crippen molar-refractivity contribution >= 4 is 5.69 Å². The molecule has 0 saturated carbocycles. The standard InChI is InChI=1S/C14H24N2O2/c1-4-18-12-10-15-9-11-16(2)13-5-7-14(17-3)8-6-13/h5-8,15H,4,9-12H2,1-3H3. The number of nitrogens with zero attached hydrogens (tertiary/aromatic N) is 1. The maximum atomic E-state index is 5.26. The molecular formula is C14H24N2O2. The smallest absolute Gasteiger partial charge is 0.119 e. The van der Waals surface area contributed by atoms with E-state index in [1.807, 2.05) is 19.1 Å². The predicted molar refractivity (Wildman–Crippen MR) is 75.6 cm³/mol. The molecule has 0 aliphatic carbocycles. The van der Waals surface area contributed by atoms with Gasteiger partial charge in [0.25, 0.3) is 0 Å². The van der Waals surface area contributed by atoms with Gasteiger partial charge in [-0.05, 0) is 31.2 Å². The molecule has 0 fully saturated rings. The molecule has 4 heteroatoms. The van der Waals surface area contributed by atoms with E-state index in [1.165, 1.54) is 5.69 Å². The molecule has 0 heterocycles. The van der Waals surface area contributed by atoms with Crippen LogP contribution in [0.25, 0.3) is 0 Å². The Hall–Kier alpha value is -1.26. The number of nitrogens with one attached hydrogen (secondary N) is 1. The summed E-state index contributed by atoms with van der Waals surface area (Å²) in [6.07, 6.45) is 0. The highest BCUT2D eigenvalue weighted by Gasteiger charge is 2.00. The summed E-state index contributed by atoms with van der Waals surface area (Å²) in [6, 6.07) is 8.10. The van der Waals surface area contributed by atoms with Crippen LogP contribution in [0.2, 0.25) is 0 Å². The fourth-order valence-corrected chi connectivity index (χ4v) is 1.63. The first kappa shape index (κ1) is 14.8. The molecule has 1 rings (SSSR count). The van der Waals surface area contributed by atoms with Gasteiger partial charge in [-0.2, -0.15) is 0 Å². The number of ether oxygens (including phenoxy) is 2. The molecule has 18 heavy (non-hydrogen) atoms. The fraction of sp³-hybridized carbons (Fsp3) is 0.571. The maximum absolute atomic E-state index is 5.26. The van der Waals surface area contributed by atoms with Crippen LogP contribution in [-0.4, -0.2) is 47.0 Å². The van der Waals surface area contributed by atoms with Crippen LogP contribution in [0.1, 0.15) is 6.92 Å². The van der Waals surface area contributed by atoms with Crippen molar-refractivity contribution in [3.05, 3.63) is 24.3 Å². The summed E-state index contributed by atoms with van der Waals surface area (Å²) in [5, 5.41) is 3.35. The number of hydrogen-bond donors (Lipinski definition) is 1. The van der Waals surface area contributed by atoms with Crippen molar-refractivity contribution in [2.75, 3.05) is 51.9 Å². The zero-order valence-electron chi connectivity index (χ0n) is 11.6. The quantitative estimate of drug-likeness (QED) is 0.679. The molecule has 1 N–H and O–H groups in total. The van der Waals surface area contributed by atoms with E-state index < -0.39 is 0 Å². The van der Waals surface area contributed by atoms with Crippen LogP contribution in [0, 0.1) is 0 Å².